The minimum Gasteiger partial charge on any atom is -0.384 e. The number of hydrogen-bond donors (Lipinski definition) is 2. The molecule has 1 aliphatic heterocycles. The Morgan fingerprint density at radius 1 is 1.15 bits per heavy atom. The molecule has 3 rings (SSSR count). The van der Waals surface area contributed by atoms with Crippen molar-refractivity contribution >= 4 is 11.6 Å². The molecule has 0 spiro atoms. The minimum absolute atomic E-state index is 0.0000905. The Morgan fingerprint density at radius 2 is 1.95 bits per heavy atom. The molecule has 0 radical (unpaired) electrons. The van der Waals surface area contributed by atoms with Gasteiger partial charge in [-0.1, -0.05) is 30.3 Å². The first kappa shape index (κ1) is 12.8. The van der Waals surface area contributed by atoms with Crippen LogP contribution in [0.4, 0.5) is 10.1 Å². The number of hydrogen-bond acceptors (Lipinski definition) is 2. The van der Waals surface area contributed by atoms with E-state index in [0.29, 0.717) is 18.4 Å². The molecule has 0 saturated carbocycles. The quantitative estimate of drug-likeness (QED) is 0.882. The average molecular weight is 271 g/mol. The molecule has 3 nitrogen and oxygen atoms in total. The van der Waals surface area contributed by atoms with Crippen LogP contribution in [0.5, 0.6) is 0 Å². The van der Waals surface area contributed by atoms with Gasteiger partial charge < -0.3 is 10.4 Å². The number of carbonyl (C=O) groups is 1. The first-order chi connectivity index (χ1) is 9.65. The lowest BCUT2D eigenvalue weighted by Crippen LogP contribution is -2.19. The molecule has 20 heavy (non-hydrogen) atoms. The maximum atomic E-state index is 13.7. The Bertz CT molecular complexity index is 669. The van der Waals surface area contributed by atoms with E-state index in [-0.39, 0.29) is 11.5 Å². The molecule has 2 aromatic rings. The van der Waals surface area contributed by atoms with Gasteiger partial charge in [0.2, 0.25) is 5.91 Å². The number of rotatable bonds is 2. The summed E-state index contributed by atoms with van der Waals surface area (Å²) in [7, 11) is 0. The molecule has 0 saturated heterocycles. The number of fused-ring (bicyclic) bond motifs is 1. The van der Waals surface area contributed by atoms with Gasteiger partial charge in [0.15, 0.2) is 0 Å². The number of benzene rings is 2. The maximum Gasteiger partial charge on any atom is 0.224 e. The van der Waals surface area contributed by atoms with Crippen molar-refractivity contribution in [1.29, 1.82) is 0 Å². The number of aliphatic hydroxyl groups is 1. The highest BCUT2D eigenvalue weighted by Crippen LogP contribution is 2.29. The highest BCUT2D eigenvalue weighted by molar-refractivity contribution is 5.93. The van der Waals surface area contributed by atoms with Crippen LogP contribution in [0.15, 0.2) is 42.5 Å². The van der Waals surface area contributed by atoms with Crippen LogP contribution >= 0.6 is 0 Å². The van der Waals surface area contributed by atoms with Crippen LogP contribution < -0.4 is 5.32 Å². The number of aliphatic hydroxyl groups excluding tert-OH is 1. The maximum absolute atomic E-state index is 13.7. The van der Waals surface area contributed by atoms with Crippen LogP contribution in [0.2, 0.25) is 0 Å². The Hall–Kier alpha value is -2.20. The van der Waals surface area contributed by atoms with E-state index >= 15 is 0 Å². The molecule has 2 aromatic carbocycles. The zero-order chi connectivity index (χ0) is 14.1. The van der Waals surface area contributed by atoms with E-state index in [1.807, 2.05) is 6.07 Å². The van der Waals surface area contributed by atoms with E-state index in [4.69, 9.17) is 0 Å². The molecule has 4 heteroatoms. The molecule has 0 aliphatic carbocycles. The lowest BCUT2D eigenvalue weighted by Gasteiger charge is -2.19. The Labute approximate surface area is 116 Å². The van der Waals surface area contributed by atoms with Crippen molar-refractivity contribution in [3.05, 3.63) is 65.0 Å². The summed E-state index contributed by atoms with van der Waals surface area (Å²) in [5, 5.41) is 13.1. The van der Waals surface area contributed by atoms with Crippen LogP contribution in [-0.2, 0) is 11.2 Å². The zero-order valence-corrected chi connectivity index (χ0v) is 10.8. The monoisotopic (exact) mass is 271 g/mol. The van der Waals surface area contributed by atoms with Gasteiger partial charge in [0, 0.05) is 17.7 Å². The van der Waals surface area contributed by atoms with E-state index in [0.717, 1.165) is 11.3 Å². The van der Waals surface area contributed by atoms with E-state index < -0.39 is 11.9 Å². The summed E-state index contributed by atoms with van der Waals surface area (Å²) >= 11 is 0. The number of halogens is 1. The summed E-state index contributed by atoms with van der Waals surface area (Å²) < 4.78 is 13.7. The predicted octanol–water partition coefficient (Wildman–Crippen LogP) is 2.79. The zero-order valence-electron chi connectivity index (χ0n) is 10.8. The van der Waals surface area contributed by atoms with Gasteiger partial charge in [-0.05, 0) is 29.7 Å². The van der Waals surface area contributed by atoms with Crippen molar-refractivity contribution in [2.45, 2.75) is 18.9 Å². The summed E-state index contributed by atoms with van der Waals surface area (Å²) in [6, 6.07) is 11.5. The standard InChI is InChI=1S/C16H14FNO2/c17-13-4-2-1-3-12(13)16(20)11-5-7-14-10(9-11)6-8-15(19)18-14/h1-5,7,9,16,20H,6,8H2,(H,18,19). The first-order valence-corrected chi connectivity index (χ1v) is 6.50. The van der Waals surface area contributed by atoms with Crippen LogP contribution in [0.3, 0.4) is 0 Å². The van der Waals surface area contributed by atoms with E-state index in [9.17, 15) is 14.3 Å². The number of amides is 1. The van der Waals surface area contributed by atoms with Crippen molar-refractivity contribution < 1.29 is 14.3 Å². The molecule has 1 aliphatic rings. The van der Waals surface area contributed by atoms with Crippen molar-refractivity contribution in [3.8, 4) is 0 Å². The first-order valence-electron chi connectivity index (χ1n) is 6.50. The highest BCUT2D eigenvalue weighted by Gasteiger charge is 2.19. The Kier molecular flexibility index (Phi) is 3.24. The van der Waals surface area contributed by atoms with Gasteiger partial charge in [0.05, 0.1) is 0 Å². The molecule has 0 bridgehead atoms. The molecule has 0 fully saturated rings. The third-order valence-corrected chi connectivity index (χ3v) is 3.54. The van der Waals surface area contributed by atoms with Crippen molar-refractivity contribution in [1.82, 2.24) is 0 Å². The fourth-order valence-corrected chi connectivity index (χ4v) is 2.45. The molecule has 102 valence electrons. The second kappa shape index (κ2) is 5.06. The van der Waals surface area contributed by atoms with Gasteiger partial charge >= 0.3 is 0 Å². The molecule has 0 aromatic heterocycles. The van der Waals surface area contributed by atoms with Gasteiger partial charge in [-0.3, -0.25) is 4.79 Å². The van der Waals surface area contributed by atoms with E-state index in [1.165, 1.54) is 6.07 Å². The normalized spacial score (nSPS) is 15.4. The number of carbonyl (C=O) groups excluding carboxylic acids is 1. The summed E-state index contributed by atoms with van der Waals surface area (Å²) in [5.74, 6) is -0.425. The topological polar surface area (TPSA) is 49.3 Å². The summed E-state index contributed by atoms with van der Waals surface area (Å²) in [5.41, 5.74) is 2.63. The fourth-order valence-electron chi connectivity index (χ4n) is 2.45. The van der Waals surface area contributed by atoms with Crippen molar-refractivity contribution in [3.63, 3.8) is 0 Å². The summed E-state index contributed by atoms with van der Waals surface area (Å²) in [6.07, 6.45) is 0.0738. The fraction of sp³-hybridized carbons (Fsp3) is 0.188. The summed E-state index contributed by atoms with van der Waals surface area (Å²) in [6.45, 7) is 0. The number of nitrogens with one attached hydrogen (secondary N) is 1. The predicted molar refractivity (Wildman–Crippen MR) is 73.9 cm³/mol. The van der Waals surface area contributed by atoms with Crippen LogP contribution in [0.25, 0.3) is 0 Å². The Morgan fingerprint density at radius 3 is 2.75 bits per heavy atom. The lowest BCUT2D eigenvalue weighted by molar-refractivity contribution is -0.116. The molecular formula is C16H14FNO2. The van der Waals surface area contributed by atoms with Gasteiger partial charge in [-0.2, -0.15) is 0 Å². The second-order valence-electron chi connectivity index (χ2n) is 4.89. The van der Waals surface area contributed by atoms with Crippen molar-refractivity contribution in [2.24, 2.45) is 0 Å². The molecule has 1 heterocycles. The smallest absolute Gasteiger partial charge is 0.224 e. The average Bonchev–Trinajstić information content (AvgIpc) is 2.46. The van der Waals surface area contributed by atoms with E-state index in [2.05, 4.69) is 5.32 Å². The second-order valence-corrected chi connectivity index (χ2v) is 4.89. The third-order valence-electron chi connectivity index (χ3n) is 3.54. The van der Waals surface area contributed by atoms with Gasteiger partial charge in [0.1, 0.15) is 11.9 Å². The van der Waals surface area contributed by atoms with Crippen LogP contribution in [0, 0.1) is 5.82 Å². The lowest BCUT2D eigenvalue weighted by atomic mass is 9.95. The molecular weight excluding hydrogens is 257 g/mol. The third kappa shape index (κ3) is 2.30. The molecule has 1 atom stereocenters. The largest absolute Gasteiger partial charge is 0.384 e. The van der Waals surface area contributed by atoms with E-state index in [1.54, 1.807) is 30.3 Å². The van der Waals surface area contributed by atoms with Crippen LogP contribution in [0.1, 0.15) is 29.2 Å². The van der Waals surface area contributed by atoms with Crippen molar-refractivity contribution in [2.75, 3.05) is 5.32 Å². The van der Waals surface area contributed by atoms with Gasteiger partial charge in [-0.15, -0.1) is 0 Å². The summed E-state index contributed by atoms with van der Waals surface area (Å²) in [4.78, 5) is 11.3. The molecule has 1 amide bonds. The highest BCUT2D eigenvalue weighted by atomic mass is 19.1. The van der Waals surface area contributed by atoms with Crippen LogP contribution in [-0.4, -0.2) is 11.0 Å². The number of aryl methyl sites for hydroxylation is 1. The molecule has 1 unspecified atom stereocenters. The van der Waals surface area contributed by atoms with Gasteiger partial charge in [0.25, 0.3) is 0 Å². The Balaban J connectivity index is 1.95. The molecule has 2 N–H and O–H groups in total. The minimum atomic E-state index is -1.00. The SMILES string of the molecule is O=C1CCc2cc(C(O)c3ccccc3F)ccc2N1. The van der Waals surface area contributed by atoms with Gasteiger partial charge in [-0.25, -0.2) is 4.39 Å². The number of anilines is 1.